The first kappa shape index (κ1) is 17.8. The first-order valence-electron chi connectivity index (χ1n) is 9.10. The molecule has 0 radical (unpaired) electrons. The number of carbonyl (C=O) groups excluding carboxylic acids is 2. The molecule has 2 fully saturated rings. The van der Waals surface area contributed by atoms with Crippen LogP contribution in [0.2, 0.25) is 0 Å². The van der Waals surface area contributed by atoms with Crippen molar-refractivity contribution >= 4 is 11.8 Å². The third-order valence-corrected chi connectivity index (χ3v) is 5.20. The average molecular weight is 349 g/mol. The Labute approximate surface area is 147 Å². The van der Waals surface area contributed by atoms with Crippen molar-refractivity contribution in [3.8, 4) is 0 Å². The third-order valence-electron chi connectivity index (χ3n) is 5.20. The summed E-state index contributed by atoms with van der Waals surface area (Å²) in [5.74, 6) is 1.74. The molecule has 2 aliphatic heterocycles. The summed E-state index contributed by atoms with van der Waals surface area (Å²) in [4.78, 5) is 32.1. The minimum atomic E-state index is -0.328. The Kier molecular flexibility index (Phi) is 5.67. The molecule has 2 aliphatic rings. The molecule has 0 aromatic carbocycles. The van der Waals surface area contributed by atoms with Crippen LogP contribution in [0, 0.1) is 18.8 Å². The minimum Gasteiger partial charge on any atom is -0.369 e. The second kappa shape index (κ2) is 7.95. The Balaban J connectivity index is 1.47. The SMILES string of the molecule is Cc1nc(CC2CCN(C(=O)C3CCCN(CC(N)=O)C3)CC2)no1. The van der Waals surface area contributed by atoms with Crippen molar-refractivity contribution in [3.05, 3.63) is 11.7 Å². The van der Waals surface area contributed by atoms with Gasteiger partial charge in [-0.15, -0.1) is 0 Å². The summed E-state index contributed by atoms with van der Waals surface area (Å²) < 4.78 is 5.02. The number of nitrogens with zero attached hydrogens (tertiary/aromatic N) is 4. The molecule has 1 aromatic rings. The molecule has 1 unspecified atom stereocenters. The molecule has 0 aliphatic carbocycles. The maximum atomic E-state index is 12.8. The standard InChI is InChI=1S/C17H27N5O3/c1-12-19-16(20-25-12)9-13-4-7-22(8-5-13)17(24)14-3-2-6-21(10-14)11-15(18)23/h13-14H,2-11H2,1H3,(H2,18,23). The van der Waals surface area contributed by atoms with Gasteiger partial charge < -0.3 is 15.2 Å². The fourth-order valence-corrected chi connectivity index (χ4v) is 3.92. The predicted molar refractivity (Wildman–Crippen MR) is 90.4 cm³/mol. The van der Waals surface area contributed by atoms with E-state index in [0.29, 0.717) is 18.4 Å². The maximum Gasteiger partial charge on any atom is 0.231 e. The summed E-state index contributed by atoms with van der Waals surface area (Å²) in [7, 11) is 0. The summed E-state index contributed by atoms with van der Waals surface area (Å²) in [5, 5.41) is 3.96. The van der Waals surface area contributed by atoms with Gasteiger partial charge in [-0.2, -0.15) is 4.98 Å². The fraction of sp³-hybridized carbons (Fsp3) is 0.765. The van der Waals surface area contributed by atoms with Gasteiger partial charge in [0.05, 0.1) is 12.5 Å². The summed E-state index contributed by atoms with van der Waals surface area (Å²) in [6.45, 7) is 5.10. The van der Waals surface area contributed by atoms with Crippen LogP contribution in [0.1, 0.15) is 37.4 Å². The van der Waals surface area contributed by atoms with E-state index >= 15 is 0 Å². The van der Waals surface area contributed by atoms with Gasteiger partial charge in [0, 0.05) is 33.0 Å². The van der Waals surface area contributed by atoms with Crippen LogP contribution < -0.4 is 5.73 Å². The molecule has 0 bridgehead atoms. The maximum absolute atomic E-state index is 12.8. The second-order valence-corrected chi connectivity index (χ2v) is 7.24. The molecule has 8 nitrogen and oxygen atoms in total. The number of hydrogen-bond acceptors (Lipinski definition) is 6. The zero-order valence-electron chi connectivity index (χ0n) is 14.8. The zero-order valence-corrected chi connectivity index (χ0v) is 14.8. The Morgan fingerprint density at radius 2 is 2.00 bits per heavy atom. The molecule has 2 amide bonds. The van der Waals surface area contributed by atoms with Crippen LogP contribution in [0.3, 0.4) is 0 Å². The molecule has 1 aromatic heterocycles. The van der Waals surface area contributed by atoms with Crippen molar-refractivity contribution < 1.29 is 14.1 Å². The Hall–Kier alpha value is -1.96. The Bertz CT molecular complexity index is 609. The highest BCUT2D eigenvalue weighted by molar-refractivity contribution is 5.79. The van der Waals surface area contributed by atoms with Gasteiger partial charge in [0.1, 0.15) is 0 Å². The lowest BCUT2D eigenvalue weighted by Crippen LogP contribution is -2.48. The van der Waals surface area contributed by atoms with Gasteiger partial charge in [0.2, 0.25) is 17.7 Å². The Morgan fingerprint density at radius 1 is 1.24 bits per heavy atom. The van der Waals surface area contributed by atoms with E-state index in [4.69, 9.17) is 10.3 Å². The van der Waals surface area contributed by atoms with Crippen molar-refractivity contribution in [2.45, 2.75) is 39.0 Å². The van der Waals surface area contributed by atoms with Gasteiger partial charge in [0.15, 0.2) is 5.82 Å². The predicted octanol–water partition coefficient (Wildman–Crippen LogP) is 0.356. The number of piperidine rings is 2. The molecule has 2 saturated heterocycles. The van der Waals surface area contributed by atoms with E-state index in [1.165, 1.54) is 0 Å². The number of likely N-dealkylation sites (tertiary alicyclic amines) is 2. The normalized spacial score (nSPS) is 22.9. The lowest BCUT2D eigenvalue weighted by molar-refractivity contribution is -0.139. The van der Waals surface area contributed by atoms with Crippen molar-refractivity contribution in [3.63, 3.8) is 0 Å². The third kappa shape index (κ3) is 4.78. The molecular weight excluding hydrogens is 322 g/mol. The van der Waals surface area contributed by atoms with Crippen LogP contribution >= 0.6 is 0 Å². The number of amides is 2. The molecule has 8 heteroatoms. The molecule has 0 spiro atoms. The molecule has 25 heavy (non-hydrogen) atoms. The molecule has 0 saturated carbocycles. The highest BCUT2D eigenvalue weighted by Crippen LogP contribution is 2.24. The number of aromatic nitrogens is 2. The van der Waals surface area contributed by atoms with E-state index in [2.05, 4.69) is 10.1 Å². The van der Waals surface area contributed by atoms with Gasteiger partial charge in [-0.1, -0.05) is 5.16 Å². The molecule has 138 valence electrons. The lowest BCUT2D eigenvalue weighted by atomic mass is 9.91. The summed E-state index contributed by atoms with van der Waals surface area (Å²) in [5.41, 5.74) is 5.27. The van der Waals surface area contributed by atoms with Crippen LogP contribution in [0.4, 0.5) is 0 Å². The quantitative estimate of drug-likeness (QED) is 0.822. The minimum absolute atomic E-state index is 0.00972. The van der Waals surface area contributed by atoms with Gasteiger partial charge in [-0.05, 0) is 38.1 Å². The van der Waals surface area contributed by atoms with E-state index in [-0.39, 0.29) is 24.3 Å². The number of rotatable bonds is 5. The second-order valence-electron chi connectivity index (χ2n) is 7.24. The Morgan fingerprint density at radius 3 is 2.64 bits per heavy atom. The van der Waals surface area contributed by atoms with Crippen LogP contribution in [-0.2, 0) is 16.0 Å². The van der Waals surface area contributed by atoms with E-state index in [1.807, 2.05) is 9.80 Å². The summed E-state index contributed by atoms with van der Waals surface area (Å²) in [6.07, 6.45) is 4.59. The summed E-state index contributed by atoms with van der Waals surface area (Å²) >= 11 is 0. The highest BCUT2D eigenvalue weighted by Gasteiger charge is 2.32. The number of primary amides is 1. The zero-order chi connectivity index (χ0) is 17.8. The van der Waals surface area contributed by atoms with E-state index in [0.717, 1.165) is 57.6 Å². The highest BCUT2D eigenvalue weighted by atomic mass is 16.5. The van der Waals surface area contributed by atoms with Crippen molar-refractivity contribution in [1.29, 1.82) is 0 Å². The van der Waals surface area contributed by atoms with E-state index in [1.54, 1.807) is 6.92 Å². The van der Waals surface area contributed by atoms with Crippen LogP contribution in [0.25, 0.3) is 0 Å². The number of carbonyl (C=O) groups is 2. The average Bonchev–Trinajstić information content (AvgIpc) is 2.99. The smallest absolute Gasteiger partial charge is 0.231 e. The van der Waals surface area contributed by atoms with Crippen molar-refractivity contribution in [1.82, 2.24) is 19.9 Å². The monoisotopic (exact) mass is 349 g/mol. The van der Waals surface area contributed by atoms with Crippen LogP contribution in [0.15, 0.2) is 4.52 Å². The van der Waals surface area contributed by atoms with Crippen molar-refractivity contribution in [2.24, 2.45) is 17.6 Å². The van der Waals surface area contributed by atoms with E-state index in [9.17, 15) is 9.59 Å². The summed E-state index contributed by atoms with van der Waals surface area (Å²) in [6, 6.07) is 0. The topological polar surface area (TPSA) is 106 Å². The first-order chi connectivity index (χ1) is 12.0. The largest absolute Gasteiger partial charge is 0.369 e. The molecule has 1 atom stereocenters. The molecule has 3 heterocycles. The van der Waals surface area contributed by atoms with Gasteiger partial charge in [0.25, 0.3) is 0 Å². The van der Waals surface area contributed by atoms with Crippen molar-refractivity contribution in [2.75, 3.05) is 32.7 Å². The molecule has 3 rings (SSSR count). The number of nitrogens with two attached hydrogens (primary N) is 1. The first-order valence-corrected chi connectivity index (χ1v) is 9.10. The lowest BCUT2D eigenvalue weighted by Gasteiger charge is -2.37. The number of hydrogen-bond donors (Lipinski definition) is 1. The molecule has 2 N–H and O–H groups in total. The fourth-order valence-electron chi connectivity index (χ4n) is 3.92. The van der Waals surface area contributed by atoms with Gasteiger partial charge in [-0.25, -0.2) is 0 Å². The van der Waals surface area contributed by atoms with E-state index < -0.39 is 0 Å². The van der Waals surface area contributed by atoms with Gasteiger partial charge in [-0.3, -0.25) is 14.5 Å². The molecular formula is C17H27N5O3. The number of aryl methyl sites for hydroxylation is 1. The van der Waals surface area contributed by atoms with Gasteiger partial charge >= 0.3 is 0 Å². The van der Waals surface area contributed by atoms with Crippen LogP contribution in [0.5, 0.6) is 0 Å². The van der Waals surface area contributed by atoms with Crippen LogP contribution in [-0.4, -0.2) is 64.5 Å².